The maximum Gasteiger partial charge on any atom is 0.319 e. The molecule has 2 aromatic rings. The summed E-state index contributed by atoms with van der Waals surface area (Å²) in [5.74, 6) is 0.856. The van der Waals surface area contributed by atoms with Crippen LogP contribution >= 0.6 is 0 Å². The molecule has 1 fully saturated rings. The number of carbonyl (C=O) groups excluding carboxylic acids is 1. The van der Waals surface area contributed by atoms with E-state index in [2.05, 4.69) is 46.7 Å². The third kappa shape index (κ3) is 5.61. The van der Waals surface area contributed by atoms with Crippen LogP contribution in [-0.4, -0.2) is 24.0 Å². The molecule has 4 nitrogen and oxygen atoms in total. The molecule has 0 radical (unpaired) electrons. The van der Waals surface area contributed by atoms with Gasteiger partial charge in [-0.15, -0.1) is 0 Å². The van der Waals surface area contributed by atoms with Gasteiger partial charge >= 0.3 is 6.03 Å². The molecule has 0 aliphatic carbocycles. The molecule has 0 atom stereocenters. The molecule has 0 aromatic heterocycles. The molecule has 4 heteroatoms. The third-order valence-corrected chi connectivity index (χ3v) is 4.76. The minimum absolute atomic E-state index is 0.179. The number of amides is 2. The number of carbonyl (C=O) groups is 1. The van der Waals surface area contributed by atoms with E-state index in [1.165, 1.54) is 31.5 Å². The van der Waals surface area contributed by atoms with Crippen LogP contribution in [0, 0.1) is 5.92 Å². The topological polar surface area (TPSA) is 44.4 Å². The van der Waals surface area contributed by atoms with Crippen LogP contribution in [0.2, 0.25) is 0 Å². The van der Waals surface area contributed by atoms with E-state index >= 15 is 0 Å². The molecule has 0 unspecified atom stereocenters. The normalized spacial score (nSPS) is 15.7. The number of piperidine rings is 1. The molecule has 0 bridgehead atoms. The zero-order valence-electron chi connectivity index (χ0n) is 14.9. The number of rotatable bonds is 5. The van der Waals surface area contributed by atoms with Crippen molar-refractivity contribution >= 4 is 11.7 Å². The first-order valence-corrected chi connectivity index (χ1v) is 9.09. The Bertz CT molecular complexity index is 679. The van der Waals surface area contributed by atoms with Crippen molar-refractivity contribution < 1.29 is 4.79 Å². The Kier molecular flexibility index (Phi) is 6.07. The zero-order valence-corrected chi connectivity index (χ0v) is 14.9. The highest BCUT2D eigenvalue weighted by Crippen LogP contribution is 2.18. The molecule has 1 aliphatic rings. The number of nitrogens with zero attached hydrogens (tertiary/aromatic N) is 1. The van der Waals surface area contributed by atoms with Crippen LogP contribution in [0.3, 0.4) is 0 Å². The number of urea groups is 1. The van der Waals surface area contributed by atoms with Gasteiger partial charge in [-0.1, -0.05) is 49.4 Å². The number of hydrogen-bond acceptors (Lipinski definition) is 2. The molecule has 1 saturated heterocycles. The van der Waals surface area contributed by atoms with E-state index in [-0.39, 0.29) is 6.03 Å². The van der Waals surface area contributed by atoms with Crippen LogP contribution in [0.15, 0.2) is 54.6 Å². The van der Waals surface area contributed by atoms with Crippen molar-refractivity contribution in [2.45, 2.75) is 32.9 Å². The lowest BCUT2D eigenvalue weighted by atomic mass is 9.98. The predicted octanol–water partition coefficient (Wildman–Crippen LogP) is 4.24. The van der Waals surface area contributed by atoms with Crippen molar-refractivity contribution in [1.29, 1.82) is 0 Å². The first-order valence-electron chi connectivity index (χ1n) is 9.09. The molecule has 1 aliphatic heterocycles. The number of likely N-dealkylation sites (tertiary alicyclic amines) is 1. The van der Waals surface area contributed by atoms with Crippen LogP contribution in [0.5, 0.6) is 0 Å². The lowest BCUT2D eigenvalue weighted by Gasteiger charge is -2.30. The highest BCUT2D eigenvalue weighted by molar-refractivity contribution is 5.89. The Labute approximate surface area is 150 Å². The van der Waals surface area contributed by atoms with Gasteiger partial charge in [0, 0.05) is 18.8 Å². The molecular formula is C21H27N3O. The van der Waals surface area contributed by atoms with Gasteiger partial charge in [-0.2, -0.15) is 0 Å². The lowest BCUT2D eigenvalue weighted by Crippen LogP contribution is -2.32. The standard InChI is InChI=1S/C21H27N3O/c1-17-10-12-24(13-11-17)16-19-7-5-6-18(14-19)15-22-21(25)23-20-8-3-2-4-9-20/h2-9,14,17H,10-13,15-16H2,1H3,(H2,22,23,25). The van der Waals surface area contributed by atoms with Gasteiger partial charge in [0.15, 0.2) is 0 Å². The number of anilines is 1. The number of benzene rings is 2. The number of hydrogen-bond donors (Lipinski definition) is 2. The second kappa shape index (κ2) is 8.67. The van der Waals surface area contributed by atoms with Crippen LogP contribution in [-0.2, 0) is 13.1 Å². The van der Waals surface area contributed by atoms with Crippen LogP contribution in [0.25, 0.3) is 0 Å². The fraction of sp³-hybridized carbons (Fsp3) is 0.381. The third-order valence-electron chi connectivity index (χ3n) is 4.76. The van der Waals surface area contributed by atoms with Gasteiger partial charge in [-0.25, -0.2) is 4.79 Å². The van der Waals surface area contributed by atoms with Crippen molar-refractivity contribution in [1.82, 2.24) is 10.2 Å². The zero-order chi connectivity index (χ0) is 17.5. The first kappa shape index (κ1) is 17.5. The molecule has 132 valence electrons. The second-order valence-corrected chi connectivity index (χ2v) is 6.95. The Morgan fingerprint density at radius 3 is 2.52 bits per heavy atom. The fourth-order valence-electron chi connectivity index (χ4n) is 3.20. The second-order valence-electron chi connectivity index (χ2n) is 6.95. The van der Waals surface area contributed by atoms with E-state index < -0.39 is 0 Å². The van der Waals surface area contributed by atoms with E-state index in [9.17, 15) is 4.79 Å². The van der Waals surface area contributed by atoms with Crippen molar-refractivity contribution in [2.75, 3.05) is 18.4 Å². The van der Waals surface area contributed by atoms with Crippen LogP contribution in [0.1, 0.15) is 30.9 Å². The Morgan fingerprint density at radius 1 is 1.04 bits per heavy atom. The summed E-state index contributed by atoms with van der Waals surface area (Å²) in [6.45, 7) is 6.23. The van der Waals surface area contributed by atoms with Gasteiger partial charge in [0.1, 0.15) is 0 Å². The van der Waals surface area contributed by atoms with E-state index in [0.29, 0.717) is 6.54 Å². The average Bonchev–Trinajstić information content (AvgIpc) is 2.63. The quantitative estimate of drug-likeness (QED) is 0.857. The van der Waals surface area contributed by atoms with E-state index in [0.717, 1.165) is 23.7 Å². The molecule has 0 saturated carbocycles. The molecule has 0 spiro atoms. The summed E-state index contributed by atoms with van der Waals surface area (Å²) in [4.78, 5) is 14.5. The lowest BCUT2D eigenvalue weighted by molar-refractivity contribution is 0.185. The van der Waals surface area contributed by atoms with E-state index in [4.69, 9.17) is 0 Å². The number of nitrogens with one attached hydrogen (secondary N) is 2. The van der Waals surface area contributed by atoms with E-state index in [1.807, 2.05) is 30.3 Å². The summed E-state index contributed by atoms with van der Waals surface area (Å²) in [6.07, 6.45) is 2.59. The smallest absolute Gasteiger partial charge is 0.319 e. The summed E-state index contributed by atoms with van der Waals surface area (Å²) in [6, 6.07) is 17.8. The maximum atomic E-state index is 12.0. The SMILES string of the molecule is CC1CCN(Cc2cccc(CNC(=O)Nc3ccccc3)c2)CC1. The molecule has 2 aromatic carbocycles. The summed E-state index contributed by atoms with van der Waals surface area (Å²) in [5.41, 5.74) is 3.25. The van der Waals surface area contributed by atoms with Crippen molar-refractivity contribution in [3.05, 3.63) is 65.7 Å². The van der Waals surface area contributed by atoms with Gasteiger partial charge in [0.25, 0.3) is 0 Å². The summed E-state index contributed by atoms with van der Waals surface area (Å²) in [7, 11) is 0. The monoisotopic (exact) mass is 337 g/mol. The first-order chi connectivity index (χ1) is 12.2. The molecular weight excluding hydrogens is 310 g/mol. The maximum absolute atomic E-state index is 12.0. The van der Waals surface area contributed by atoms with Crippen LogP contribution < -0.4 is 10.6 Å². The van der Waals surface area contributed by atoms with Gasteiger partial charge in [0.05, 0.1) is 0 Å². The van der Waals surface area contributed by atoms with E-state index in [1.54, 1.807) is 0 Å². The van der Waals surface area contributed by atoms with Gasteiger partial charge in [-0.3, -0.25) is 4.90 Å². The number of para-hydroxylation sites is 1. The summed E-state index contributed by atoms with van der Waals surface area (Å²) >= 11 is 0. The molecule has 2 amide bonds. The van der Waals surface area contributed by atoms with Crippen LogP contribution in [0.4, 0.5) is 10.5 Å². The minimum atomic E-state index is -0.179. The van der Waals surface area contributed by atoms with Crippen molar-refractivity contribution in [3.63, 3.8) is 0 Å². The van der Waals surface area contributed by atoms with Gasteiger partial charge in [0.2, 0.25) is 0 Å². The van der Waals surface area contributed by atoms with Gasteiger partial charge in [-0.05, 0) is 55.1 Å². The summed E-state index contributed by atoms with van der Waals surface area (Å²) in [5, 5.41) is 5.76. The van der Waals surface area contributed by atoms with Crippen molar-refractivity contribution in [2.24, 2.45) is 5.92 Å². The Hall–Kier alpha value is -2.33. The highest BCUT2D eigenvalue weighted by Gasteiger charge is 2.15. The molecule has 1 heterocycles. The predicted molar refractivity (Wildman–Crippen MR) is 102 cm³/mol. The van der Waals surface area contributed by atoms with Gasteiger partial charge < -0.3 is 10.6 Å². The molecule has 3 rings (SSSR count). The molecule has 2 N–H and O–H groups in total. The Morgan fingerprint density at radius 2 is 1.76 bits per heavy atom. The summed E-state index contributed by atoms with van der Waals surface area (Å²) < 4.78 is 0. The van der Waals surface area contributed by atoms with Crippen molar-refractivity contribution in [3.8, 4) is 0 Å². The average molecular weight is 337 g/mol. The largest absolute Gasteiger partial charge is 0.334 e. The fourth-order valence-corrected chi connectivity index (χ4v) is 3.20. The Balaban J connectivity index is 1.49. The minimum Gasteiger partial charge on any atom is -0.334 e. The molecule has 25 heavy (non-hydrogen) atoms. The highest BCUT2D eigenvalue weighted by atomic mass is 16.2.